The Morgan fingerprint density at radius 2 is 1.75 bits per heavy atom. The van der Waals surface area contributed by atoms with E-state index in [4.69, 9.17) is 10.7 Å². The van der Waals surface area contributed by atoms with Gasteiger partial charge in [-0.3, -0.25) is 4.90 Å². The fraction of sp³-hybridized carbons (Fsp3) is 0.800. The molecule has 20 heavy (non-hydrogen) atoms. The lowest BCUT2D eigenvalue weighted by Crippen LogP contribution is -2.45. The number of piperazine rings is 1. The second kappa shape index (κ2) is 6.52. The Hall–Kier alpha value is -0.490. The Bertz CT molecular complexity index is 428. The van der Waals surface area contributed by atoms with Gasteiger partial charge in [0, 0.05) is 43.0 Å². The first-order chi connectivity index (χ1) is 9.44. The quantitative estimate of drug-likeness (QED) is 0.923. The number of nitrogens with two attached hydrogens (primary N) is 1. The summed E-state index contributed by atoms with van der Waals surface area (Å²) in [6.07, 6.45) is 0. The van der Waals surface area contributed by atoms with Crippen LogP contribution in [0.25, 0.3) is 0 Å². The molecule has 0 saturated carbocycles. The van der Waals surface area contributed by atoms with E-state index < -0.39 is 0 Å². The highest BCUT2D eigenvalue weighted by Gasteiger charge is 2.24. The topological polar surface area (TPSA) is 45.4 Å². The van der Waals surface area contributed by atoms with E-state index in [0.29, 0.717) is 6.54 Å². The summed E-state index contributed by atoms with van der Waals surface area (Å²) in [5.74, 6) is 0. The minimum atomic E-state index is 0.0877. The maximum absolute atomic E-state index is 5.88. The van der Waals surface area contributed by atoms with Gasteiger partial charge in [-0.05, 0) is 6.54 Å². The molecule has 1 fully saturated rings. The highest BCUT2D eigenvalue weighted by Crippen LogP contribution is 2.30. The number of nitrogens with zero attached hydrogens (tertiary/aromatic N) is 3. The van der Waals surface area contributed by atoms with Gasteiger partial charge < -0.3 is 10.6 Å². The Morgan fingerprint density at radius 1 is 1.15 bits per heavy atom. The number of hydrogen-bond acceptors (Lipinski definition) is 5. The molecule has 0 unspecified atom stereocenters. The van der Waals surface area contributed by atoms with E-state index in [1.807, 2.05) is 0 Å². The van der Waals surface area contributed by atoms with Crippen LogP contribution in [0.1, 0.15) is 43.3 Å². The Morgan fingerprint density at radius 3 is 2.20 bits per heavy atom. The molecule has 0 atom stereocenters. The zero-order chi connectivity index (χ0) is 14.8. The van der Waals surface area contributed by atoms with Crippen molar-refractivity contribution in [2.45, 2.75) is 46.2 Å². The smallest absolute Gasteiger partial charge is 0.107 e. The van der Waals surface area contributed by atoms with Crippen LogP contribution in [0.2, 0.25) is 0 Å². The van der Waals surface area contributed by atoms with Crippen molar-refractivity contribution < 1.29 is 0 Å². The molecule has 0 aliphatic carbocycles. The summed E-state index contributed by atoms with van der Waals surface area (Å²) in [4.78, 5) is 11.1. The standard InChI is InChI=1S/C15H28N4S/c1-5-18-6-8-19(9-7-18)11-13-17-14(15(2,3)4)12(10-16)20-13/h5-11,16H2,1-4H3. The number of rotatable bonds is 4. The molecule has 114 valence electrons. The molecule has 0 radical (unpaired) electrons. The molecule has 2 N–H and O–H groups in total. The van der Waals surface area contributed by atoms with Crippen LogP contribution in [-0.4, -0.2) is 47.5 Å². The van der Waals surface area contributed by atoms with Gasteiger partial charge in [-0.1, -0.05) is 27.7 Å². The summed E-state index contributed by atoms with van der Waals surface area (Å²) >= 11 is 1.80. The lowest BCUT2D eigenvalue weighted by atomic mass is 9.91. The van der Waals surface area contributed by atoms with Crippen LogP contribution in [0.5, 0.6) is 0 Å². The molecule has 1 aromatic rings. The van der Waals surface area contributed by atoms with Crippen molar-refractivity contribution in [3.63, 3.8) is 0 Å². The summed E-state index contributed by atoms with van der Waals surface area (Å²) in [5, 5.41) is 1.22. The molecule has 4 nitrogen and oxygen atoms in total. The zero-order valence-electron chi connectivity index (χ0n) is 13.3. The van der Waals surface area contributed by atoms with E-state index in [2.05, 4.69) is 37.5 Å². The predicted octanol–water partition coefficient (Wildman–Crippen LogP) is 2.04. The van der Waals surface area contributed by atoms with Crippen molar-refractivity contribution >= 4 is 11.3 Å². The van der Waals surface area contributed by atoms with Crippen molar-refractivity contribution in [2.75, 3.05) is 32.7 Å². The highest BCUT2D eigenvalue weighted by molar-refractivity contribution is 7.11. The second-order valence-corrected chi connectivity index (χ2v) is 7.71. The van der Waals surface area contributed by atoms with Crippen LogP contribution in [0.4, 0.5) is 0 Å². The maximum Gasteiger partial charge on any atom is 0.107 e. The molecule has 0 bridgehead atoms. The number of thiazole rings is 1. The number of aromatic nitrogens is 1. The third kappa shape index (κ3) is 3.79. The molecular formula is C15H28N4S. The number of hydrogen-bond donors (Lipinski definition) is 1. The van der Waals surface area contributed by atoms with Crippen molar-refractivity contribution in [3.05, 3.63) is 15.6 Å². The van der Waals surface area contributed by atoms with Crippen LogP contribution >= 0.6 is 11.3 Å². The first-order valence-electron chi connectivity index (χ1n) is 7.58. The number of likely N-dealkylation sites (N-methyl/N-ethyl adjacent to an activating group) is 1. The van der Waals surface area contributed by atoms with Gasteiger partial charge in [0.2, 0.25) is 0 Å². The minimum Gasteiger partial charge on any atom is -0.326 e. The summed E-state index contributed by atoms with van der Waals surface area (Å²) in [5.41, 5.74) is 7.16. The van der Waals surface area contributed by atoms with Crippen molar-refractivity contribution in [2.24, 2.45) is 5.73 Å². The molecule has 1 aliphatic heterocycles. The minimum absolute atomic E-state index is 0.0877. The van der Waals surface area contributed by atoms with Gasteiger partial charge in [0.1, 0.15) is 5.01 Å². The Labute approximate surface area is 127 Å². The zero-order valence-corrected chi connectivity index (χ0v) is 14.1. The summed E-state index contributed by atoms with van der Waals surface area (Å²) in [6, 6.07) is 0. The van der Waals surface area contributed by atoms with Crippen LogP contribution in [0.15, 0.2) is 0 Å². The maximum atomic E-state index is 5.88. The van der Waals surface area contributed by atoms with E-state index >= 15 is 0 Å². The summed E-state index contributed by atoms with van der Waals surface area (Å²) in [6.45, 7) is 16.3. The summed E-state index contributed by atoms with van der Waals surface area (Å²) in [7, 11) is 0. The van der Waals surface area contributed by atoms with Crippen molar-refractivity contribution in [3.8, 4) is 0 Å². The van der Waals surface area contributed by atoms with E-state index in [1.165, 1.54) is 28.7 Å². The van der Waals surface area contributed by atoms with E-state index in [9.17, 15) is 0 Å². The van der Waals surface area contributed by atoms with Crippen LogP contribution in [-0.2, 0) is 18.5 Å². The van der Waals surface area contributed by atoms with E-state index in [0.717, 1.165) is 26.2 Å². The normalized spacial score (nSPS) is 18.6. The predicted molar refractivity (Wildman–Crippen MR) is 86.1 cm³/mol. The lowest BCUT2D eigenvalue weighted by molar-refractivity contribution is 0.132. The fourth-order valence-electron chi connectivity index (χ4n) is 2.65. The first kappa shape index (κ1) is 15.9. The van der Waals surface area contributed by atoms with Crippen molar-refractivity contribution in [1.82, 2.24) is 14.8 Å². The molecule has 5 heteroatoms. The molecule has 1 aliphatic rings. The van der Waals surface area contributed by atoms with Gasteiger partial charge in [-0.15, -0.1) is 11.3 Å². The molecule has 2 heterocycles. The Kier molecular flexibility index (Phi) is 5.18. The summed E-state index contributed by atoms with van der Waals surface area (Å²) < 4.78 is 0. The van der Waals surface area contributed by atoms with Crippen LogP contribution < -0.4 is 5.73 Å². The molecular weight excluding hydrogens is 268 g/mol. The van der Waals surface area contributed by atoms with Gasteiger partial charge in [0.15, 0.2) is 0 Å². The van der Waals surface area contributed by atoms with Gasteiger partial charge in [0.25, 0.3) is 0 Å². The fourth-order valence-corrected chi connectivity index (χ4v) is 3.85. The van der Waals surface area contributed by atoms with Gasteiger partial charge in [0.05, 0.1) is 12.2 Å². The third-order valence-electron chi connectivity index (χ3n) is 3.91. The average Bonchev–Trinajstić information content (AvgIpc) is 2.83. The first-order valence-corrected chi connectivity index (χ1v) is 8.39. The van der Waals surface area contributed by atoms with Gasteiger partial charge in [-0.2, -0.15) is 0 Å². The van der Waals surface area contributed by atoms with Crippen LogP contribution in [0, 0.1) is 0 Å². The highest BCUT2D eigenvalue weighted by atomic mass is 32.1. The molecule has 2 rings (SSSR count). The molecule has 0 amide bonds. The SMILES string of the molecule is CCN1CCN(Cc2nc(C(C)(C)C)c(CN)s2)CC1. The molecule has 0 aromatic carbocycles. The average molecular weight is 296 g/mol. The largest absolute Gasteiger partial charge is 0.326 e. The van der Waals surface area contributed by atoms with E-state index in [1.54, 1.807) is 11.3 Å². The lowest BCUT2D eigenvalue weighted by Gasteiger charge is -2.33. The van der Waals surface area contributed by atoms with Crippen molar-refractivity contribution in [1.29, 1.82) is 0 Å². The van der Waals surface area contributed by atoms with Gasteiger partial charge >= 0.3 is 0 Å². The van der Waals surface area contributed by atoms with Crippen LogP contribution in [0.3, 0.4) is 0 Å². The molecule has 1 aromatic heterocycles. The van der Waals surface area contributed by atoms with Gasteiger partial charge in [-0.25, -0.2) is 4.98 Å². The monoisotopic (exact) mass is 296 g/mol. The second-order valence-electron chi connectivity index (χ2n) is 6.54. The Balaban J connectivity index is 2.02. The van der Waals surface area contributed by atoms with E-state index in [-0.39, 0.29) is 5.41 Å². The molecule has 0 spiro atoms. The third-order valence-corrected chi connectivity index (χ3v) is 4.97. The molecule has 1 saturated heterocycles.